The fourth-order valence-corrected chi connectivity index (χ4v) is 2.54. The molecule has 0 aromatic heterocycles. The van der Waals surface area contributed by atoms with Gasteiger partial charge >= 0.3 is 5.97 Å². The second-order valence-electron chi connectivity index (χ2n) is 4.00. The zero-order valence-electron chi connectivity index (χ0n) is 7.08. The van der Waals surface area contributed by atoms with E-state index in [0.29, 0.717) is 0 Å². The molecule has 4 heteroatoms. The number of Topliss-reactive ketones (excluding diaryl/α,β-unsaturated/α-hetero) is 2. The Bertz CT molecular complexity index is 285. The third-order valence-electron chi connectivity index (χ3n) is 3.18. The van der Waals surface area contributed by atoms with Crippen LogP contribution in [0.3, 0.4) is 0 Å². The Balaban J connectivity index is 2.37. The second kappa shape index (κ2) is 2.40. The van der Waals surface area contributed by atoms with Crippen LogP contribution < -0.4 is 0 Å². The summed E-state index contributed by atoms with van der Waals surface area (Å²) in [5, 5.41) is 9.01. The highest BCUT2D eigenvalue weighted by molar-refractivity contribution is 5.98. The number of carboxylic acid groups (broad SMARTS) is 1. The Morgan fingerprint density at radius 1 is 1.23 bits per heavy atom. The summed E-state index contributed by atoms with van der Waals surface area (Å²) in [7, 11) is 0. The van der Waals surface area contributed by atoms with Crippen molar-refractivity contribution >= 4 is 17.5 Å². The number of carbonyl (C=O) groups is 3. The third kappa shape index (κ3) is 1.01. The molecule has 0 bridgehead atoms. The van der Waals surface area contributed by atoms with E-state index < -0.39 is 11.4 Å². The van der Waals surface area contributed by atoms with E-state index in [2.05, 4.69) is 0 Å². The molecule has 2 rings (SSSR count). The van der Waals surface area contributed by atoms with Crippen molar-refractivity contribution in [3.05, 3.63) is 0 Å². The van der Waals surface area contributed by atoms with Crippen LogP contribution in [-0.4, -0.2) is 22.6 Å². The van der Waals surface area contributed by atoms with Crippen LogP contribution in [-0.2, 0) is 14.4 Å². The Hall–Kier alpha value is -1.19. The van der Waals surface area contributed by atoms with Crippen molar-refractivity contribution in [2.24, 2.45) is 11.3 Å². The highest BCUT2D eigenvalue weighted by Gasteiger charge is 2.57. The van der Waals surface area contributed by atoms with Gasteiger partial charge in [0.25, 0.3) is 0 Å². The largest absolute Gasteiger partial charge is 0.481 e. The zero-order chi connectivity index (χ0) is 9.64. The van der Waals surface area contributed by atoms with Crippen LogP contribution in [0, 0.1) is 11.3 Å². The number of hydrogen-bond donors (Lipinski definition) is 1. The van der Waals surface area contributed by atoms with Crippen LogP contribution in [0.15, 0.2) is 0 Å². The molecule has 2 aliphatic rings. The number of carboxylic acids is 1. The minimum absolute atomic E-state index is 0.0140. The lowest BCUT2D eigenvalue weighted by Crippen LogP contribution is -2.30. The molecule has 0 amide bonds. The predicted molar refractivity (Wildman–Crippen MR) is 42.0 cm³/mol. The summed E-state index contributed by atoms with van der Waals surface area (Å²) < 4.78 is 0. The number of fused-ring (bicyclic) bond motifs is 1. The molecule has 1 N–H and O–H groups in total. The van der Waals surface area contributed by atoms with Crippen molar-refractivity contribution in [3.63, 3.8) is 0 Å². The van der Waals surface area contributed by atoms with Gasteiger partial charge in [-0.15, -0.1) is 0 Å². The number of hydrogen-bond acceptors (Lipinski definition) is 3. The number of rotatable bonds is 1. The van der Waals surface area contributed by atoms with Gasteiger partial charge in [0.1, 0.15) is 11.6 Å². The molecule has 0 radical (unpaired) electrons. The van der Waals surface area contributed by atoms with Crippen LogP contribution in [0.25, 0.3) is 0 Å². The van der Waals surface area contributed by atoms with Crippen molar-refractivity contribution in [3.8, 4) is 0 Å². The first-order chi connectivity index (χ1) is 6.04. The first-order valence-corrected chi connectivity index (χ1v) is 4.31. The Kier molecular flexibility index (Phi) is 1.55. The van der Waals surface area contributed by atoms with E-state index in [1.807, 2.05) is 0 Å². The molecular formula is C9H10O4. The Morgan fingerprint density at radius 3 is 2.00 bits per heavy atom. The Morgan fingerprint density at radius 2 is 1.69 bits per heavy atom. The molecule has 70 valence electrons. The number of aliphatic carboxylic acids is 1. The quantitative estimate of drug-likeness (QED) is 0.637. The summed E-state index contributed by atoms with van der Waals surface area (Å²) in [6.45, 7) is 0. The van der Waals surface area contributed by atoms with Crippen molar-refractivity contribution < 1.29 is 19.5 Å². The molecule has 0 atom stereocenters. The molecule has 0 spiro atoms. The summed E-state index contributed by atoms with van der Waals surface area (Å²) in [4.78, 5) is 33.2. The van der Waals surface area contributed by atoms with Crippen molar-refractivity contribution in [1.82, 2.24) is 0 Å². The molecule has 0 aromatic carbocycles. The van der Waals surface area contributed by atoms with Gasteiger partial charge in [-0.2, -0.15) is 0 Å². The molecule has 0 heterocycles. The topological polar surface area (TPSA) is 71.4 Å². The Labute approximate surface area is 74.9 Å². The zero-order valence-corrected chi connectivity index (χ0v) is 7.08. The predicted octanol–water partition coefficient (Wildman–Crippen LogP) is 0.399. The summed E-state index contributed by atoms with van der Waals surface area (Å²) in [5.41, 5.74) is -1.03. The maximum Gasteiger partial charge on any atom is 0.310 e. The molecule has 0 unspecified atom stereocenters. The number of carbonyl (C=O) groups excluding carboxylic acids is 2. The molecule has 0 aliphatic heterocycles. The van der Waals surface area contributed by atoms with Crippen LogP contribution >= 0.6 is 0 Å². The summed E-state index contributed by atoms with van der Waals surface area (Å²) >= 11 is 0. The maximum atomic E-state index is 11.1. The van der Waals surface area contributed by atoms with E-state index >= 15 is 0 Å². The van der Waals surface area contributed by atoms with Gasteiger partial charge < -0.3 is 5.11 Å². The maximum absolute atomic E-state index is 11.1. The molecule has 4 nitrogen and oxygen atoms in total. The normalized spacial score (nSPS) is 38.0. The molecule has 0 aromatic rings. The minimum Gasteiger partial charge on any atom is -0.481 e. The molecule has 2 fully saturated rings. The van der Waals surface area contributed by atoms with Crippen LogP contribution in [0.2, 0.25) is 0 Å². The molecule has 2 aliphatic carbocycles. The molecule has 0 saturated heterocycles. The number of ketones is 2. The second-order valence-corrected chi connectivity index (χ2v) is 4.00. The van der Waals surface area contributed by atoms with Gasteiger partial charge in [-0.3, -0.25) is 14.4 Å². The van der Waals surface area contributed by atoms with Gasteiger partial charge in [0, 0.05) is 25.7 Å². The van der Waals surface area contributed by atoms with E-state index in [-0.39, 0.29) is 43.2 Å². The fraction of sp³-hybridized carbons (Fsp3) is 0.667. The van der Waals surface area contributed by atoms with E-state index in [4.69, 9.17) is 5.11 Å². The van der Waals surface area contributed by atoms with E-state index in [0.717, 1.165) is 0 Å². The summed E-state index contributed by atoms with van der Waals surface area (Å²) in [6.07, 6.45) is 0.660. The van der Waals surface area contributed by atoms with Gasteiger partial charge in [-0.25, -0.2) is 0 Å². The minimum atomic E-state index is -1.03. The van der Waals surface area contributed by atoms with Crippen molar-refractivity contribution in [1.29, 1.82) is 0 Å². The van der Waals surface area contributed by atoms with Gasteiger partial charge in [0.2, 0.25) is 0 Å². The highest BCUT2D eigenvalue weighted by atomic mass is 16.4. The van der Waals surface area contributed by atoms with E-state index in [1.165, 1.54) is 0 Å². The highest BCUT2D eigenvalue weighted by Crippen LogP contribution is 2.51. The average molecular weight is 182 g/mol. The lowest BCUT2D eigenvalue weighted by molar-refractivity contribution is -0.151. The van der Waals surface area contributed by atoms with Crippen molar-refractivity contribution in [2.45, 2.75) is 25.7 Å². The average Bonchev–Trinajstić information content (AvgIpc) is 2.40. The molecular weight excluding hydrogens is 172 g/mol. The molecule has 13 heavy (non-hydrogen) atoms. The first-order valence-electron chi connectivity index (χ1n) is 4.31. The standard InChI is InChI=1S/C9H10O4/c10-6-1-5-2-7(11)4-9(5,3-6)8(12)13/h5H,1-4H2,(H,12,13). The monoisotopic (exact) mass is 182 g/mol. The van der Waals surface area contributed by atoms with E-state index in [1.54, 1.807) is 0 Å². The summed E-state index contributed by atoms with van der Waals surface area (Å²) in [5.74, 6) is -1.24. The lowest BCUT2D eigenvalue weighted by atomic mass is 9.80. The van der Waals surface area contributed by atoms with Gasteiger partial charge in [-0.05, 0) is 5.92 Å². The first kappa shape index (κ1) is 8.41. The van der Waals surface area contributed by atoms with Crippen molar-refractivity contribution in [2.75, 3.05) is 0 Å². The van der Waals surface area contributed by atoms with Gasteiger partial charge in [-0.1, -0.05) is 0 Å². The lowest BCUT2D eigenvalue weighted by Gasteiger charge is -2.20. The summed E-state index contributed by atoms with van der Waals surface area (Å²) in [6, 6.07) is 0. The van der Waals surface area contributed by atoms with Crippen LogP contribution in [0.1, 0.15) is 25.7 Å². The van der Waals surface area contributed by atoms with Crippen LogP contribution in [0.4, 0.5) is 0 Å². The van der Waals surface area contributed by atoms with Gasteiger partial charge in [0.05, 0.1) is 5.41 Å². The smallest absolute Gasteiger partial charge is 0.310 e. The SMILES string of the molecule is O=C1CC2CC(=O)CC2(C(=O)O)C1. The van der Waals surface area contributed by atoms with Gasteiger partial charge in [0.15, 0.2) is 0 Å². The molecule has 2 saturated carbocycles. The third-order valence-corrected chi connectivity index (χ3v) is 3.18. The van der Waals surface area contributed by atoms with E-state index in [9.17, 15) is 14.4 Å². The fourth-order valence-electron chi connectivity index (χ4n) is 2.54. The van der Waals surface area contributed by atoms with Crippen LogP contribution in [0.5, 0.6) is 0 Å².